The predicted molar refractivity (Wildman–Crippen MR) is 117 cm³/mol. The Morgan fingerprint density at radius 1 is 1.21 bits per heavy atom. The lowest BCUT2D eigenvalue weighted by molar-refractivity contribution is -0.138. The van der Waals surface area contributed by atoms with Crippen LogP contribution in [0.3, 0.4) is 0 Å². The van der Waals surface area contributed by atoms with Crippen molar-refractivity contribution in [3.05, 3.63) is 35.4 Å². The molecule has 7 nitrogen and oxygen atoms in total. The lowest BCUT2D eigenvalue weighted by Gasteiger charge is -2.41. The van der Waals surface area contributed by atoms with E-state index >= 15 is 0 Å². The summed E-state index contributed by atoms with van der Waals surface area (Å²) in [5, 5.41) is 14.3. The van der Waals surface area contributed by atoms with Crippen LogP contribution in [0.5, 0.6) is 0 Å². The summed E-state index contributed by atoms with van der Waals surface area (Å²) < 4.78 is 38.5. The van der Waals surface area contributed by atoms with E-state index < -0.39 is 29.5 Å². The maximum Gasteiger partial charge on any atom is 0.416 e. The summed E-state index contributed by atoms with van der Waals surface area (Å²) in [7, 11) is 2.03. The third-order valence-corrected chi connectivity index (χ3v) is 6.28. The molecule has 1 fully saturated rings. The van der Waals surface area contributed by atoms with Crippen molar-refractivity contribution in [3.8, 4) is 0 Å². The maximum atomic E-state index is 12.8. The van der Waals surface area contributed by atoms with Crippen molar-refractivity contribution in [2.75, 3.05) is 13.6 Å². The number of rotatable bonds is 9. The normalized spacial score (nSPS) is 21.2. The number of nitrogens with zero attached hydrogens (tertiary/aromatic N) is 1. The van der Waals surface area contributed by atoms with Gasteiger partial charge in [0.15, 0.2) is 0 Å². The Kier molecular flexibility index (Phi) is 9.27. The van der Waals surface area contributed by atoms with E-state index in [-0.39, 0.29) is 36.5 Å². The van der Waals surface area contributed by atoms with Gasteiger partial charge in [-0.25, -0.2) is 0 Å². The Bertz CT molecular complexity index is 844. The number of hydrogen-bond donors (Lipinski definition) is 3. The summed E-state index contributed by atoms with van der Waals surface area (Å²) in [4.78, 5) is 38.0. The van der Waals surface area contributed by atoms with Crippen LogP contribution in [0.15, 0.2) is 24.3 Å². The topological polar surface area (TPSA) is 98.7 Å². The smallest absolute Gasteiger partial charge is 0.416 e. The predicted octanol–water partition coefficient (Wildman–Crippen LogP) is 3.29. The van der Waals surface area contributed by atoms with Gasteiger partial charge >= 0.3 is 12.1 Å². The van der Waals surface area contributed by atoms with Crippen LogP contribution >= 0.6 is 0 Å². The molecule has 0 radical (unpaired) electrons. The van der Waals surface area contributed by atoms with Crippen LogP contribution in [0.4, 0.5) is 13.2 Å². The molecule has 0 heterocycles. The van der Waals surface area contributed by atoms with Gasteiger partial charge in [-0.1, -0.05) is 6.07 Å². The van der Waals surface area contributed by atoms with Gasteiger partial charge in [0.1, 0.15) is 0 Å². The number of amides is 2. The summed E-state index contributed by atoms with van der Waals surface area (Å²) in [6.07, 6.45) is -1.86. The highest BCUT2D eigenvalue weighted by Gasteiger charge is 2.34. The van der Waals surface area contributed by atoms with E-state index in [1.54, 1.807) is 0 Å². The van der Waals surface area contributed by atoms with Crippen LogP contribution in [0.1, 0.15) is 61.9 Å². The molecule has 0 aliphatic heterocycles. The second kappa shape index (κ2) is 11.5. The van der Waals surface area contributed by atoms with Crippen molar-refractivity contribution in [1.29, 1.82) is 0 Å². The van der Waals surface area contributed by atoms with Gasteiger partial charge < -0.3 is 20.6 Å². The van der Waals surface area contributed by atoms with E-state index in [0.29, 0.717) is 18.9 Å². The fraction of sp³-hybridized carbons (Fsp3) is 0.609. The van der Waals surface area contributed by atoms with Crippen molar-refractivity contribution in [3.63, 3.8) is 0 Å². The van der Waals surface area contributed by atoms with E-state index in [4.69, 9.17) is 5.11 Å². The zero-order chi connectivity index (χ0) is 24.8. The molecule has 1 aliphatic carbocycles. The van der Waals surface area contributed by atoms with Gasteiger partial charge in [-0.3, -0.25) is 14.4 Å². The quantitative estimate of drug-likeness (QED) is 0.513. The fourth-order valence-electron chi connectivity index (χ4n) is 4.21. The monoisotopic (exact) mass is 471 g/mol. The molecule has 1 aliphatic rings. The molecule has 184 valence electrons. The van der Waals surface area contributed by atoms with Crippen LogP contribution in [0.2, 0.25) is 0 Å². The molecule has 0 saturated heterocycles. The first-order chi connectivity index (χ1) is 15.4. The molecule has 1 saturated carbocycles. The number of hydrogen-bond acceptors (Lipinski definition) is 4. The maximum absolute atomic E-state index is 12.8. The first-order valence-electron chi connectivity index (χ1n) is 11.1. The third-order valence-electron chi connectivity index (χ3n) is 6.28. The molecule has 3 N–H and O–H groups in total. The zero-order valence-electron chi connectivity index (χ0n) is 19.1. The summed E-state index contributed by atoms with van der Waals surface area (Å²) in [6, 6.07) is 4.40. The Labute approximate surface area is 191 Å². The Morgan fingerprint density at radius 3 is 2.52 bits per heavy atom. The number of carbonyl (C=O) groups excluding carboxylic acids is 2. The number of carboxylic acid groups (broad SMARTS) is 1. The van der Waals surface area contributed by atoms with Crippen LogP contribution in [0, 0.1) is 5.92 Å². The Morgan fingerprint density at radius 2 is 1.91 bits per heavy atom. The van der Waals surface area contributed by atoms with E-state index in [1.807, 2.05) is 7.05 Å². The van der Waals surface area contributed by atoms with Crippen LogP contribution in [-0.4, -0.2) is 59.5 Å². The van der Waals surface area contributed by atoms with E-state index in [2.05, 4.69) is 29.4 Å². The number of aliphatic carboxylic acids is 1. The SMILES string of the molecule is CC(C)N(C)[C@@H]1CC[C@H](NC(=O)CNC(=O)c2cccc(C(F)(F)F)c2)[C@H](CCC(=O)O)C1. The van der Waals surface area contributed by atoms with Gasteiger partial charge in [-0.05, 0) is 70.7 Å². The van der Waals surface area contributed by atoms with E-state index in [0.717, 1.165) is 31.0 Å². The Balaban J connectivity index is 1.95. The molecule has 0 aromatic heterocycles. The molecule has 0 spiro atoms. The van der Waals surface area contributed by atoms with Crippen molar-refractivity contribution in [2.45, 2.75) is 70.3 Å². The zero-order valence-corrected chi connectivity index (χ0v) is 19.1. The highest BCUT2D eigenvalue weighted by molar-refractivity contribution is 5.96. The molecule has 10 heteroatoms. The largest absolute Gasteiger partial charge is 0.481 e. The minimum absolute atomic E-state index is 0.00142. The molecule has 33 heavy (non-hydrogen) atoms. The summed E-state index contributed by atoms with van der Waals surface area (Å²) in [5.41, 5.74) is -1.13. The van der Waals surface area contributed by atoms with Crippen LogP contribution < -0.4 is 10.6 Å². The molecule has 2 amide bonds. The summed E-state index contributed by atoms with van der Waals surface area (Å²) in [5.74, 6) is -2.16. The highest BCUT2D eigenvalue weighted by atomic mass is 19.4. The number of alkyl halides is 3. The molecule has 0 unspecified atom stereocenters. The van der Waals surface area contributed by atoms with Crippen molar-refractivity contribution in [1.82, 2.24) is 15.5 Å². The summed E-state index contributed by atoms with van der Waals surface area (Å²) in [6.45, 7) is 3.80. The molecular weight excluding hydrogens is 439 g/mol. The second-order valence-electron chi connectivity index (χ2n) is 8.85. The number of carbonyl (C=O) groups is 3. The molecule has 1 aromatic rings. The van der Waals surface area contributed by atoms with Gasteiger partial charge in [0, 0.05) is 30.1 Å². The third kappa shape index (κ3) is 8.03. The average Bonchev–Trinajstić information content (AvgIpc) is 2.75. The molecule has 1 aromatic carbocycles. The average molecular weight is 472 g/mol. The molecular formula is C23H32F3N3O4. The number of benzene rings is 1. The first-order valence-corrected chi connectivity index (χ1v) is 11.1. The number of carboxylic acids is 1. The summed E-state index contributed by atoms with van der Waals surface area (Å²) >= 11 is 0. The lowest BCUT2D eigenvalue weighted by Crippen LogP contribution is -2.51. The number of nitrogens with one attached hydrogen (secondary N) is 2. The fourth-order valence-corrected chi connectivity index (χ4v) is 4.21. The first kappa shape index (κ1) is 26.6. The van der Waals surface area contributed by atoms with Crippen molar-refractivity contribution in [2.24, 2.45) is 5.92 Å². The van der Waals surface area contributed by atoms with Crippen molar-refractivity contribution < 1.29 is 32.7 Å². The van der Waals surface area contributed by atoms with Gasteiger partial charge in [-0.15, -0.1) is 0 Å². The highest BCUT2D eigenvalue weighted by Crippen LogP contribution is 2.32. The van der Waals surface area contributed by atoms with Gasteiger partial charge in [-0.2, -0.15) is 13.2 Å². The number of halogens is 3. The van der Waals surface area contributed by atoms with Crippen molar-refractivity contribution >= 4 is 17.8 Å². The van der Waals surface area contributed by atoms with Gasteiger partial charge in [0.2, 0.25) is 5.91 Å². The minimum Gasteiger partial charge on any atom is -0.481 e. The van der Waals surface area contributed by atoms with Gasteiger partial charge in [0.05, 0.1) is 12.1 Å². The molecule has 2 rings (SSSR count). The van der Waals surface area contributed by atoms with Gasteiger partial charge in [0.25, 0.3) is 5.91 Å². The standard InChI is InChI=1S/C23H32F3N3O4/c1-14(2)29(3)18-8-9-19(15(12-18)7-10-21(31)32)28-20(30)13-27-22(33)16-5-4-6-17(11-16)23(24,25)26/h4-6,11,14-15,18-19H,7-10,12-13H2,1-3H3,(H,27,33)(H,28,30)(H,31,32)/t15-,18-,19+/m1/s1. The molecule has 0 bridgehead atoms. The van der Waals surface area contributed by atoms with E-state index in [9.17, 15) is 27.6 Å². The second-order valence-corrected chi connectivity index (χ2v) is 8.85. The minimum atomic E-state index is -4.57. The van der Waals surface area contributed by atoms with Crippen LogP contribution in [0.25, 0.3) is 0 Å². The van der Waals surface area contributed by atoms with E-state index in [1.165, 1.54) is 6.07 Å². The molecule has 3 atom stereocenters. The Hall–Kier alpha value is -2.62. The van der Waals surface area contributed by atoms with Crippen LogP contribution in [-0.2, 0) is 15.8 Å². The lowest BCUT2D eigenvalue weighted by atomic mass is 9.78.